The van der Waals surface area contributed by atoms with Crippen LogP contribution in [0.5, 0.6) is 0 Å². The van der Waals surface area contributed by atoms with Crippen molar-refractivity contribution in [1.82, 2.24) is 15.5 Å². The third-order valence-corrected chi connectivity index (χ3v) is 3.48. The molecule has 106 valence electrons. The fourth-order valence-electron chi connectivity index (χ4n) is 1.98. The third-order valence-electron chi connectivity index (χ3n) is 2.98. The van der Waals surface area contributed by atoms with E-state index in [1.807, 2.05) is 42.5 Å². The molecule has 0 aliphatic carbocycles. The Hall–Kier alpha value is -1.98. The Labute approximate surface area is 131 Å². The summed E-state index contributed by atoms with van der Waals surface area (Å²) in [6.07, 6.45) is 0. The first-order chi connectivity index (χ1) is 10.3. The Morgan fingerprint density at radius 3 is 2.62 bits per heavy atom. The van der Waals surface area contributed by atoms with Crippen molar-refractivity contribution < 1.29 is 4.42 Å². The van der Waals surface area contributed by atoms with Crippen molar-refractivity contribution in [3.05, 3.63) is 70.5 Å². The quantitative estimate of drug-likeness (QED) is 0.765. The predicted molar refractivity (Wildman–Crippen MR) is 84.4 cm³/mol. The number of nitrogens with zero attached hydrogens (tertiary/aromatic N) is 2. The van der Waals surface area contributed by atoms with Crippen LogP contribution < -0.4 is 5.32 Å². The second-order valence-electron chi connectivity index (χ2n) is 4.60. The second-order valence-corrected chi connectivity index (χ2v) is 5.52. The number of halogens is 1. The molecule has 3 rings (SSSR count). The van der Waals surface area contributed by atoms with Crippen LogP contribution in [0.15, 0.2) is 63.5 Å². The zero-order valence-corrected chi connectivity index (χ0v) is 12.9. The lowest BCUT2D eigenvalue weighted by molar-refractivity contribution is 0.477. The Morgan fingerprint density at radius 1 is 0.952 bits per heavy atom. The maximum Gasteiger partial charge on any atom is 0.247 e. The first-order valence-electron chi connectivity index (χ1n) is 6.64. The number of nitrogens with one attached hydrogen (secondary N) is 1. The molecular weight excluding hydrogens is 330 g/mol. The molecule has 0 saturated heterocycles. The van der Waals surface area contributed by atoms with Crippen molar-refractivity contribution in [2.45, 2.75) is 13.1 Å². The summed E-state index contributed by atoms with van der Waals surface area (Å²) in [4.78, 5) is 0. The number of rotatable bonds is 5. The maximum atomic E-state index is 5.64. The van der Waals surface area contributed by atoms with Crippen LogP contribution in [0.1, 0.15) is 11.5 Å². The van der Waals surface area contributed by atoms with Crippen LogP contribution in [-0.4, -0.2) is 10.2 Å². The van der Waals surface area contributed by atoms with Gasteiger partial charge < -0.3 is 9.73 Å². The summed E-state index contributed by atoms with van der Waals surface area (Å²) in [5, 5.41) is 11.4. The van der Waals surface area contributed by atoms with Crippen LogP contribution in [0.2, 0.25) is 0 Å². The molecule has 0 aliphatic heterocycles. The molecule has 0 radical (unpaired) electrons. The molecule has 5 heteroatoms. The molecule has 0 spiro atoms. The van der Waals surface area contributed by atoms with E-state index in [2.05, 4.69) is 43.6 Å². The minimum absolute atomic E-state index is 0.548. The molecule has 1 N–H and O–H groups in total. The van der Waals surface area contributed by atoms with E-state index in [4.69, 9.17) is 4.42 Å². The summed E-state index contributed by atoms with van der Waals surface area (Å²) in [6.45, 7) is 1.30. The summed E-state index contributed by atoms with van der Waals surface area (Å²) in [5.41, 5.74) is 2.13. The van der Waals surface area contributed by atoms with Crippen molar-refractivity contribution in [2.24, 2.45) is 0 Å². The third kappa shape index (κ3) is 3.77. The van der Waals surface area contributed by atoms with Gasteiger partial charge in [0.2, 0.25) is 11.8 Å². The fourth-order valence-corrected chi connectivity index (χ4v) is 2.43. The molecule has 4 nitrogen and oxygen atoms in total. The van der Waals surface area contributed by atoms with Crippen LogP contribution in [0.3, 0.4) is 0 Å². The van der Waals surface area contributed by atoms with Crippen molar-refractivity contribution in [1.29, 1.82) is 0 Å². The summed E-state index contributed by atoms with van der Waals surface area (Å²) >= 11 is 3.46. The highest BCUT2D eigenvalue weighted by atomic mass is 79.9. The number of aromatic nitrogens is 2. The summed E-state index contributed by atoms with van der Waals surface area (Å²) in [6, 6.07) is 17.9. The summed E-state index contributed by atoms with van der Waals surface area (Å²) < 4.78 is 6.71. The molecule has 2 aromatic carbocycles. The van der Waals surface area contributed by atoms with Crippen LogP contribution in [0, 0.1) is 0 Å². The minimum Gasteiger partial charge on any atom is -0.419 e. The Balaban J connectivity index is 1.58. The average molecular weight is 344 g/mol. The van der Waals surface area contributed by atoms with Crippen molar-refractivity contribution in [2.75, 3.05) is 0 Å². The van der Waals surface area contributed by atoms with Crippen LogP contribution in [0.4, 0.5) is 0 Å². The second kappa shape index (κ2) is 6.65. The maximum absolute atomic E-state index is 5.64. The summed E-state index contributed by atoms with van der Waals surface area (Å²) in [7, 11) is 0. The lowest BCUT2D eigenvalue weighted by Crippen LogP contribution is -2.12. The highest BCUT2D eigenvalue weighted by molar-refractivity contribution is 9.10. The minimum atomic E-state index is 0.548. The molecule has 1 aromatic heterocycles. The van der Waals surface area contributed by atoms with E-state index >= 15 is 0 Å². The normalized spacial score (nSPS) is 10.7. The smallest absolute Gasteiger partial charge is 0.247 e. The molecule has 0 fully saturated rings. The van der Waals surface area contributed by atoms with Gasteiger partial charge in [-0.2, -0.15) is 0 Å². The van der Waals surface area contributed by atoms with Crippen LogP contribution >= 0.6 is 15.9 Å². The summed E-state index contributed by atoms with van der Waals surface area (Å²) in [5.74, 6) is 1.14. The van der Waals surface area contributed by atoms with Crippen molar-refractivity contribution in [3.63, 3.8) is 0 Å². The molecule has 0 aliphatic rings. The van der Waals surface area contributed by atoms with Gasteiger partial charge >= 0.3 is 0 Å². The van der Waals surface area contributed by atoms with Gasteiger partial charge in [-0.3, -0.25) is 0 Å². The predicted octanol–water partition coefficient (Wildman–Crippen LogP) is 3.79. The van der Waals surface area contributed by atoms with E-state index in [1.165, 1.54) is 5.56 Å². The first-order valence-corrected chi connectivity index (χ1v) is 7.43. The van der Waals surface area contributed by atoms with Gasteiger partial charge in [0.25, 0.3) is 0 Å². The van der Waals surface area contributed by atoms with Gasteiger partial charge in [-0.1, -0.05) is 46.3 Å². The van der Waals surface area contributed by atoms with E-state index in [1.54, 1.807) is 0 Å². The standard InChI is InChI=1S/C16H14BrN3O/c17-14-8-4-5-12(9-14)10-18-11-15-19-20-16(21-15)13-6-2-1-3-7-13/h1-9,18H,10-11H2. The Kier molecular flexibility index (Phi) is 4.43. The monoisotopic (exact) mass is 343 g/mol. The first kappa shape index (κ1) is 14.0. The van der Waals surface area contributed by atoms with Crippen molar-refractivity contribution >= 4 is 15.9 Å². The molecule has 0 unspecified atom stereocenters. The topological polar surface area (TPSA) is 51.0 Å². The Morgan fingerprint density at radius 2 is 1.81 bits per heavy atom. The number of benzene rings is 2. The molecule has 3 aromatic rings. The zero-order chi connectivity index (χ0) is 14.5. The lowest BCUT2D eigenvalue weighted by atomic mass is 10.2. The number of hydrogen-bond acceptors (Lipinski definition) is 4. The molecule has 1 heterocycles. The Bertz CT molecular complexity index is 712. The van der Waals surface area contributed by atoms with E-state index in [9.17, 15) is 0 Å². The average Bonchev–Trinajstić information content (AvgIpc) is 2.97. The molecule has 0 amide bonds. The molecule has 0 atom stereocenters. The van der Waals surface area contributed by atoms with E-state index in [0.717, 1.165) is 16.6 Å². The molecule has 21 heavy (non-hydrogen) atoms. The van der Waals surface area contributed by atoms with Gasteiger partial charge in [-0.05, 0) is 29.8 Å². The zero-order valence-electron chi connectivity index (χ0n) is 11.3. The highest BCUT2D eigenvalue weighted by Crippen LogP contribution is 2.17. The molecule has 0 bridgehead atoms. The van der Waals surface area contributed by atoms with Crippen LogP contribution in [0.25, 0.3) is 11.5 Å². The van der Waals surface area contributed by atoms with Gasteiger partial charge in [0.05, 0.1) is 6.54 Å². The van der Waals surface area contributed by atoms with E-state index < -0.39 is 0 Å². The lowest BCUT2D eigenvalue weighted by Gasteiger charge is -2.02. The van der Waals surface area contributed by atoms with Crippen molar-refractivity contribution in [3.8, 4) is 11.5 Å². The van der Waals surface area contributed by atoms with Crippen LogP contribution in [-0.2, 0) is 13.1 Å². The largest absolute Gasteiger partial charge is 0.419 e. The van der Waals surface area contributed by atoms with E-state index in [-0.39, 0.29) is 0 Å². The highest BCUT2D eigenvalue weighted by Gasteiger charge is 2.07. The van der Waals surface area contributed by atoms with Gasteiger partial charge in [0.15, 0.2) is 0 Å². The van der Waals surface area contributed by atoms with Gasteiger partial charge in [-0.25, -0.2) is 0 Å². The van der Waals surface area contributed by atoms with Gasteiger partial charge in [0.1, 0.15) is 0 Å². The molecular formula is C16H14BrN3O. The molecule has 0 saturated carbocycles. The number of hydrogen-bond donors (Lipinski definition) is 1. The van der Waals surface area contributed by atoms with E-state index in [0.29, 0.717) is 18.3 Å². The SMILES string of the molecule is Brc1cccc(CNCc2nnc(-c3ccccc3)o2)c1. The fraction of sp³-hybridized carbons (Fsp3) is 0.125. The van der Waals surface area contributed by atoms with Gasteiger partial charge in [-0.15, -0.1) is 10.2 Å². The van der Waals surface area contributed by atoms with Gasteiger partial charge in [0, 0.05) is 16.6 Å².